The van der Waals surface area contributed by atoms with Gasteiger partial charge >= 0.3 is 0 Å². The van der Waals surface area contributed by atoms with Gasteiger partial charge in [-0.3, -0.25) is 0 Å². The minimum absolute atomic E-state index is 0.665. The first kappa shape index (κ1) is 23.8. The normalized spacial score (nSPS) is 12.1. The monoisotopic (exact) mass is 318 g/mol. The molecule has 0 radical (unpaired) electrons. The number of aliphatic hydroxyl groups excluding tert-OH is 1. The molecule has 1 atom stereocenters. The van der Waals surface area contributed by atoms with Crippen molar-refractivity contribution in [2.45, 2.75) is 67.7 Å². The Morgan fingerprint density at radius 1 is 0.826 bits per heavy atom. The van der Waals surface area contributed by atoms with Gasteiger partial charge in [-0.2, -0.15) is 0 Å². The van der Waals surface area contributed by atoms with E-state index in [1.807, 2.05) is 26.0 Å². The Hall–Kier alpha value is -1.50. The molecular formula is C22H38O. The summed E-state index contributed by atoms with van der Waals surface area (Å²) in [5, 5.41) is 7.69. The van der Waals surface area contributed by atoms with Crippen molar-refractivity contribution in [1.82, 2.24) is 0 Å². The molecule has 0 amide bonds. The van der Waals surface area contributed by atoms with Crippen LogP contribution in [0.4, 0.5) is 0 Å². The number of benzene rings is 1. The van der Waals surface area contributed by atoms with Gasteiger partial charge in [0.25, 0.3) is 0 Å². The minimum Gasteiger partial charge on any atom is -0.516 e. The van der Waals surface area contributed by atoms with Gasteiger partial charge in [0.2, 0.25) is 0 Å². The Morgan fingerprint density at radius 3 is 1.52 bits per heavy atom. The molecule has 1 heteroatoms. The van der Waals surface area contributed by atoms with Crippen molar-refractivity contribution < 1.29 is 5.11 Å². The fourth-order valence-corrected chi connectivity index (χ4v) is 1.81. The average Bonchev–Trinajstić information content (AvgIpc) is 2.54. The van der Waals surface area contributed by atoms with E-state index >= 15 is 0 Å². The molecule has 0 aromatic heterocycles. The van der Waals surface area contributed by atoms with Gasteiger partial charge in [0, 0.05) is 0 Å². The summed E-state index contributed by atoms with van der Waals surface area (Å²) in [6, 6.07) is 9.16. The lowest BCUT2D eigenvalue weighted by atomic mass is 9.89. The Bertz CT molecular complexity index is 392. The van der Waals surface area contributed by atoms with E-state index < -0.39 is 0 Å². The SMILES string of the molecule is CC(C)Cc1ccc(C(C)C(C)C)cc1.CC=CC.CC=CO. The van der Waals surface area contributed by atoms with E-state index in [9.17, 15) is 0 Å². The molecule has 132 valence electrons. The zero-order valence-corrected chi connectivity index (χ0v) is 16.5. The summed E-state index contributed by atoms with van der Waals surface area (Å²) >= 11 is 0. The van der Waals surface area contributed by atoms with Crippen LogP contribution in [0.25, 0.3) is 0 Å². The molecule has 1 aromatic carbocycles. The van der Waals surface area contributed by atoms with Crippen LogP contribution < -0.4 is 0 Å². The van der Waals surface area contributed by atoms with Crippen LogP contribution in [0.15, 0.2) is 48.8 Å². The van der Waals surface area contributed by atoms with Gasteiger partial charge < -0.3 is 5.11 Å². The fraction of sp³-hybridized carbons (Fsp3) is 0.545. The van der Waals surface area contributed by atoms with Crippen molar-refractivity contribution in [3.63, 3.8) is 0 Å². The highest BCUT2D eigenvalue weighted by Gasteiger charge is 2.09. The van der Waals surface area contributed by atoms with Crippen LogP contribution in [0, 0.1) is 11.8 Å². The van der Waals surface area contributed by atoms with Gasteiger partial charge in [-0.15, -0.1) is 0 Å². The van der Waals surface area contributed by atoms with Gasteiger partial charge in [0.1, 0.15) is 0 Å². The Morgan fingerprint density at radius 2 is 1.26 bits per heavy atom. The van der Waals surface area contributed by atoms with Crippen LogP contribution in [0.3, 0.4) is 0 Å². The molecule has 0 saturated carbocycles. The van der Waals surface area contributed by atoms with Gasteiger partial charge in [0.15, 0.2) is 0 Å². The van der Waals surface area contributed by atoms with Crippen molar-refractivity contribution in [3.8, 4) is 0 Å². The summed E-state index contributed by atoms with van der Waals surface area (Å²) in [6.45, 7) is 17.2. The van der Waals surface area contributed by atoms with Gasteiger partial charge in [-0.05, 0) is 56.1 Å². The van der Waals surface area contributed by atoms with E-state index in [4.69, 9.17) is 5.11 Å². The number of allylic oxidation sites excluding steroid dienone is 3. The van der Waals surface area contributed by atoms with Gasteiger partial charge in [-0.1, -0.05) is 77.1 Å². The third-order valence-electron chi connectivity index (χ3n) is 3.63. The first-order chi connectivity index (χ1) is 10.8. The summed E-state index contributed by atoms with van der Waals surface area (Å²) in [4.78, 5) is 0. The van der Waals surface area contributed by atoms with Gasteiger partial charge in [0.05, 0.1) is 6.26 Å². The fourth-order valence-electron chi connectivity index (χ4n) is 1.81. The van der Waals surface area contributed by atoms with Crippen molar-refractivity contribution >= 4 is 0 Å². The van der Waals surface area contributed by atoms with Crippen molar-refractivity contribution in [2.24, 2.45) is 11.8 Å². The predicted octanol–water partition coefficient (Wildman–Crippen LogP) is 7.31. The van der Waals surface area contributed by atoms with E-state index in [2.05, 4.69) is 58.9 Å². The molecular weight excluding hydrogens is 280 g/mol. The number of hydrogen-bond acceptors (Lipinski definition) is 1. The number of aliphatic hydroxyl groups is 1. The highest BCUT2D eigenvalue weighted by atomic mass is 16.2. The van der Waals surface area contributed by atoms with Crippen LogP contribution in [0.2, 0.25) is 0 Å². The number of hydrogen-bond donors (Lipinski definition) is 1. The standard InChI is InChI=1S/C15H24.C4H8.C3H6O/c1-11(2)10-14-6-8-15(9-7-14)13(5)12(3)4;1-3-4-2;1-2-3-4/h6-9,11-13H,10H2,1-5H3;3-4H,1-2H3;2-4H,1H3. The second-order valence-electron chi connectivity index (χ2n) is 6.52. The first-order valence-electron chi connectivity index (χ1n) is 8.75. The molecule has 0 aliphatic heterocycles. The lowest BCUT2D eigenvalue weighted by Crippen LogP contribution is -2.02. The molecule has 0 spiro atoms. The summed E-state index contributed by atoms with van der Waals surface area (Å²) < 4.78 is 0. The predicted molar refractivity (Wildman–Crippen MR) is 106 cm³/mol. The summed E-state index contributed by atoms with van der Waals surface area (Å²) in [6.07, 6.45) is 7.75. The third kappa shape index (κ3) is 13.9. The topological polar surface area (TPSA) is 20.2 Å². The highest BCUT2D eigenvalue weighted by molar-refractivity contribution is 5.25. The summed E-state index contributed by atoms with van der Waals surface area (Å²) in [7, 11) is 0. The van der Waals surface area contributed by atoms with E-state index in [1.165, 1.54) is 17.5 Å². The number of rotatable bonds is 4. The lowest BCUT2D eigenvalue weighted by molar-refractivity contribution is 0.472. The Labute approximate surface area is 145 Å². The lowest BCUT2D eigenvalue weighted by Gasteiger charge is -2.16. The Balaban J connectivity index is 0. The zero-order chi connectivity index (χ0) is 18.3. The molecule has 1 unspecified atom stereocenters. The molecule has 23 heavy (non-hydrogen) atoms. The second-order valence-corrected chi connectivity index (χ2v) is 6.52. The van der Waals surface area contributed by atoms with Gasteiger partial charge in [-0.25, -0.2) is 0 Å². The van der Waals surface area contributed by atoms with E-state index in [0.717, 1.165) is 18.1 Å². The molecule has 1 rings (SSSR count). The molecule has 0 aliphatic carbocycles. The van der Waals surface area contributed by atoms with Crippen LogP contribution in [-0.2, 0) is 6.42 Å². The maximum Gasteiger partial charge on any atom is 0.0748 e. The maximum atomic E-state index is 7.69. The van der Waals surface area contributed by atoms with Crippen molar-refractivity contribution in [3.05, 3.63) is 59.9 Å². The van der Waals surface area contributed by atoms with Crippen molar-refractivity contribution in [2.75, 3.05) is 0 Å². The molecule has 1 N–H and O–H groups in total. The molecule has 0 heterocycles. The largest absolute Gasteiger partial charge is 0.516 e. The maximum absolute atomic E-state index is 7.69. The molecule has 0 aliphatic rings. The summed E-state index contributed by atoms with van der Waals surface area (Å²) in [5.41, 5.74) is 2.93. The molecule has 1 aromatic rings. The second kappa shape index (κ2) is 15.4. The molecule has 0 fully saturated rings. The molecule has 0 bridgehead atoms. The van der Waals surface area contributed by atoms with E-state index in [0.29, 0.717) is 5.92 Å². The van der Waals surface area contributed by atoms with E-state index in [1.54, 1.807) is 13.0 Å². The van der Waals surface area contributed by atoms with E-state index in [-0.39, 0.29) is 0 Å². The molecule has 0 saturated heterocycles. The average molecular weight is 319 g/mol. The van der Waals surface area contributed by atoms with Crippen LogP contribution in [-0.4, -0.2) is 5.11 Å². The Kier molecular flexibility index (Phi) is 15.9. The highest BCUT2D eigenvalue weighted by Crippen LogP contribution is 2.24. The van der Waals surface area contributed by atoms with Crippen LogP contribution in [0.1, 0.15) is 72.4 Å². The third-order valence-corrected chi connectivity index (χ3v) is 3.63. The minimum atomic E-state index is 0.665. The van der Waals surface area contributed by atoms with Crippen LogP contribution >= 0.6 is 0 Å². The smallest absolute Gasteiger partial charge is 0.0748 e. The quantitative estimate of drug-likeness (QED) is 0.456. The summed E-state index contributed by atoms with van der Waals surface area (Å²) in [5.74, 6) is 2.14. The van der Waals surface area contributed by atoms with Crippen molar-refractivity contribution in [1.29, 1.82) is 0 Å². The zero-order valence-electron chi connectivity index (χ0n) is 16.5. The molecule has 1 nitrogen and oxygen atoms in total. The van der Waals surface area contributed by atoms with Crippen LogP contribution in [0.5, 0.6) is 0 Å². The first-order valence-corrected chi connectivity index (χ1v) is 8.75.